The van der Waals surface area contributed by atoms with Crippen molar-refractivity contribution >= 4 is 0 Å². The first kappa shape index (κ1) is 20.6. The number of halogens is 2. The molecule has 0 saturated carbocycles. The summed E-state index contributed by atoms with van der Waals surface area (Å²) < 4.78 is 31.5. The number of benzene rings is 2. The molecule has 32 heavy (non-hydrogen) atoms. The van der Waals surface area contributed by atoms with Crippen molar-refractivity contribution in [3.8, 4) is 16.9 Å². The molecular formula is C25H25F2N5. The summed E-state index contributed by atoms with van der Waals surface area (Å²) >= 11 is 0. The van der Waals surface area contributed by atoms with Crippen LogP contribution in [0.2, 0.25) is 0 Å². The average molecular weight is 434 g/mol. The summed E-state index contributed by atoms with van der Waals surface area (Å²) in [4.78, 5) is 8.88. The maximum absolute atomic E-state index is 14.2. The molecule has 2 aromatic carbocycles. The molecule has 0 fully saturated rings. The summed E-state index contributed by atoms with van der Waals surface area (Å²) in [7, 11) is 0. The molecule has 0 saturated heterocycles. The summed E-state index contributed by atoms with van der Waals surface area (Å²) in [6, 6.07) is 10.4. The number of aromatic nitrogens is 4. The molecule has 0 spiro atoms. The lowest BCUT2D eigenvalue weighted by Crippen LogP contribution is -2.36. The van der Waals surface area contributed by atoms with Gasteiger partial charge in [-0.1, -0.05) is 6.07 Å². The topological polar surface area (TPSA) is 47.7 Å². The Labute approximate surface area is 185 Å². The summed E-state index contributed by atoms with van der Waals surface area (Å²) in [5, 5.41) is 3.66. The molecule has 4 aromatic rings. The maximum Gasteiger partial charge on any atom is 0.135 e. The van der Waals surface area contributed by atoms with E-state index in [4.69, 9.17) is 0 Å². The first-order valence-corrected chi connectivity index (χ1v) is 10.8. The summed E-state index contributed by atoms with van der Waals surface area (Å²) in [6.07, 6.45) is 7.43. The third kappa shape index (κ3) is 3.96. The summed E-state index contributed by atoms with van der Waals surface area (Å²) in [5.74, 6) is 0.745. The summed E-state index contributed by atoms with van der Waals surface area (Å²) in [5.41, 5.74) is 4.50. The Bertz CT molecular complexity index is 1270. The van der Waals surface area contributed by atoms with Crippen LogP contribution < -0.4 is 5.32 Å². The van der Waals surface area contributed by atoms with Crippen molar-refractivity contribution in [2.75, 3.05) is 0 Å². The minimum Gasteiger partial charge on any atom is -0.333 e. The second-order valence-electron chi connectivity index (χ2n) is 8.39. The largest absolute Gasteiger partial charge is 0.333 e. The minimum absolute atomic E-state index is 0.303. The molecule has 3 heterocycles. The zero-order valence-corrected chi connectivity index (χ0v) is 18.1. The Morgan fingerprint density at radius 1 is 1.12 bits per heavy atom. The van der Waals surface area contributed by atoms with E-state index < -0.39 is 11.6 Å². The predicted molar refractivity (Wildman–Crippen MR) is 120 cm³/mol. The van der Waals surface area contributed by atoms with Gasteiger partial charge in [0, 0.05) is 61.5 Å². The lowest BCUT2D eigenvalue weighted by Gasteiger charge is -2.25. The fourth-order valence-electron chi connectivity index (χ4n) is 4.37. The third-order valence-corrected chi connectivity index (χ3v) is 6.21. The van der Waals surface area contributed by atoms with Gasteiger partial charge in [-0.25, -0.2) is 18.7 Å². The Kier molecular flexibility index (Phi) is 5.35. The fraction of sp³-hybridized carbons (Fsp3) is 0.280. The molecule has 5 rings (SSSR count). The van der Waals surface area contributed by atoms with Crippen LogP contribution >= 0.6 is 0 Å². The van der Waals surface area contributed by atoms with E-state index in [1.54, 1.807) is 0 Å². The maximum atomic E-state index is 14.2. The number of imidazole rings is 2. The SMILES string of the molecule is Cc1cc(-n2ccnc2C)ccc1CNC1CCc2nc(-c3ccc(F)cc3F)cn2C1. The van der Waals surface area contributed by atoms with Crippen LogP contribution in [0.3, 0.4) is 0 Å². The van der Waals surface area contributed by atoms with Gasteiger partial charge < -0.3 is 14.5 Å². The van der Waals surface area contributed by atoms with Crippen molar-refractivity contribution < 1.29 is 8.78 Å². The molecule has 1 N–H and O–H groups in total. The van der Waals surface area contributed by atoms with E-state index in [1.807, 2.05) is 25.5 Å². The molecule has 0 bridgehead atoms. The Morgan fingerprint density at radius 3 is 2.75 bits per heavy atom. The van der Waals surface area contributed by atoms with Crippen molar-refractivity contribution in [2.24, 2.45) is 0 Å². The predicted octanol–water partition coefficient (Wildman–Crippen LogP) is 4.74. The molecular weight excluding hydrogens is 408 g/mol. The van der Waals surface area contributed by atoms with Crippen LogP contribution in [-0.2, 0) is 19.5 Å². The van der Waals surface area contributed by atoms with Crippen LogP contribution in [-0.4, -0.2) is 25.1 Å². The van der Waals surface area contributed by atoms with Crippen molar-refractivity contribution in [2.45, 2.75) is 45.8 Å². The lowest BCUT2D eigenvalue weighted by molar-refractivity contribution is 0.378. The molecule has 1 aliphatic heterocycles. The van der Waals surface area contributed by atoms with Crippen LogP contribution in [0, 0.1) is 25.5 Å². The molecule has 0 radical (unpaired) electrons. The molecule has 164 valence electrons. The number of nitrogens with one attached hydrogen (secondary N) is 1. The van der Waals surface area contributed by atoms with E-state index in [0.29, 0.717) is 17.3 Å². The Hall–Kier alpha value is -3.32. The van der Waals surface area contributed by atoms with E-state index in [0.717, 1.165) is 49.3 Å². The number of hydrogen-bond acceptors (Lipinski definition) is 3. The van der Waals surface area contributed by atoms with Crippen LogP contribution in [0.1, 0.15) is 29.2 Å². The number of nitrogens with zero attached hydrogens (tertiary/aromatic N) is 4. The standard InChI is InChI=1S/C25H25F2N5/c1-16-11-21(32-10-9-28-17(32)2)6-3-18(16)13-29-20-5-8-25-30-24(15-31(25)14-20)22-7-4-19(26)12-23(22)27/h3-4,6-7,9-12,15,20,29H,5,8,13-14H2,1-2H3. The number of aryl methyl sites for hydroxylation is 3. The van der Waals surface area contributed by atoms with Crippen molar-refractivity contribution in [3.63, 3.8) is 0 Å². The van der Waals surface area contributed by atoms with Gasteiger partial charge in [0.15, 0.2) is 0 Å². The lowest BCUT2D eigenvalue weighted by atomic mass is 10.0. The number of hydrogen-bond donors (Lipinski definition) is 1. The molecule has 1 aliphatic rings. The van der Waals surface area contributed by atoms with Crippen molar-refractivity contribution in [1.29, 1.82) is 0 Å². The highest BCUT2D eigenvalue weighted by Crippen LogP contribution is 2.26. The van der Waals surface area contributed by atoms with E-state index in [1.165, 1.54) is 23.3 Å². The molecule has 1 unspecified atom stereocenters. The number of rotatable bonds is 5. The highest BCUT2D eigenvalue weighted by molar-refractivity contribution is 5.59. The Morgan fingerprint density at radius 2 is 2.00 bits per heavy atom. The van der Waals surface area contributed by atoms with Gasteiger partial charge in [0.25, 0.3) is 0 Å². The normalized spacial score (nSPS) is 15.7. The monoisotopic (exact) mass is 433 g/mol. The zero-order chi connectivity index (χ0) is 22.2. The minimum atomic E-state index is -0.583. The van der Waals surface area contributed by atoms with Gasteiger partial charge in [0.1, 0.15) is 23.3 Å². The average Bonchev–Trinajstić information content (AvgIpc) is 3.38. The smallest absolute Gasteiger partial charge is 0.135 e. The van der Waals surface area contributed by atoms with Gasteiger partial charge in [-0.05, 0) is 55.7 Å². The zero-order valence-electron chi connectivity index (χ0n) is 18.1. The highest BCUT2D eigenvalue weighted by atomic mass is 19.1. The van der Waals surface area contributed by atoms with Gasteiger partial charge in [-0.15, -0.1) is 0 Å². The molecule has 7 heteroatoms. The second kappa shape index (κ2) is 8.31. The third-order valence-electron chi connectivity index (χ3n) is 6.21. The van der Waals surface area contributed by atoms with Crippen LogP contribution in [0.15, 0.2) is 55.0 Å². The van der Waals surface area contributed by atoms with E-state index in [2.05, 4.69) is 49.5 Å². The number of fused-ring (bicyclic) bond motifs is 1. The molecule has 2 aromatic heterocycles. The first-order valence-electron chi connectivity index (χ1n) is 10.8. The van der Waals surface area contributed by atoms with E-state index in [-0.39, 0.29) is 0 Å². The molecule has 0 amide bonds. The van der Waals surface area contributed by atoms with Gasteiger partial charge in [0.05, 0.1) is 5.69 Å². The van der Waals surface area contributed by atoms with Gasteiger partial charge in [0.2, 0.25) is 0 Å². The second-order valence-corrected chi connectivity index (χ2v) is 8.39. The summed E-state index contributed by atoms with van der Waals surface area (Å²) in [6.45, 7) is 5.68. The highest BCUT2D eigenvalue weighted by Gasteiger charge is 2.21. The van der Waals surface area contributed by atoms with E-state index >= 15 is 0 Å². The van der Waals surface area contributed by atoms with Gasteiger partial charge in [-0.2, -0.15) is 0 Å². The van der Waals surface area contributed by atoms with Crippen LogP contribution in [0.4, 0.5) is 8.78 Å². The Balaban J connectivity index is 1.26. The van der Waals surface area contributed by atoms with Gasteiger partial charge >= 0.3 is 0 Å². The van der Waals surface area contributed by atoms with Crippen LogP contribution in [0.5, 0.6) is 0 Å². The van der Waals surface area contributed by atoms with E-state index in [9.17, 15) is 8.78 Å². The van der Waals surface area contributed by atoms with Crippen molar-refractivity contribution in [1.82, 2.24) is 24.4 Å². The van der Waals surface area contributed by atoms with Crippen molar-refractivity contribution in [3.05, 3.63) is 89.4 Å². The quantitative estimate of drug-likeness (QED) is 0.495. The van der Waals surface area contributed by atoms with Gasteiger partial charge in [-0.3, -0.25) is 0 Å². The molecule has 0 aliphatic carbocycles. The van der Waals surface area contributed by atoms with Crippen LogP contribution in [0.25, 0.3) is 16.9 Å². The fourth-order valence-corrected chi connectivity index (χ4v) is 4.37. The molecule has 1 atom stereocenters. The molecule has 5 nitrogen and oxygen atoms in total. The first-order chi connectivity index (χ1) is 15.5.